The van der Waals surface area contributed by atoms with Crippen molar-refractivity contribution < 1.29 is 28.7 Å². The minimum Gasteiger partial charge on any atom is -0.467 e. The van der Waals surface area contributed by atoms with E-state index in [1.54, 1.807) is 0 Å². The fraction of sp³-hybridized carbons (Fsp3) is 0.647. The van der Waals surface area contributed by atoms with Gasteiger partial charge in [0.1, 0.15) is 12.1 Å². The van der Waals surface area contributed by atoms with Gasteiger partial charge in [-0.25, -0.2) is 9.59 Å². The van der Waals surface area contributed by atoms with Crippen LogP contribution in [0.4, 0.5) is 0 Å². The largest absolute Gasteiger partial charge is 0.467 e. The highest BCUT2D eigenvalue weighted by Gasteiger charge is 2.52. The van der Waals surface area contributed by atoms with Gasteiger partial charge in [-0.15, -0.1) is 0 Å². The van der Waals surface area contributed by atoms with E-state index < -0.39 is 35.9 Å². The van der Waals surface area contributed by atoms with Gasteiger partial charge in [0.05, 0.1) is 26.1 Å². The number of fused-ring (bicyclic) bond motifs is 2. The number of amides is 2. The van der Waals surface area contributed by atoms with E-state index in [-0.39, 0.29) is 23.7 Å². The van der Waals surface area contributed by atoms with Crippen LogP contribution in [0.15, 0.2) is 12.2 Å². The number of rotatable bonds is 6. The lowest BCUT2D eigenvalue weighted by molar-refractivity contribution is -0.147. The lowest BCUT2D eigenvalue weighted by Crippen LogP contribution is -2.50. The zero-order valence-corrected chi connectivity index (χ0v) is 14.8. The highest BCUT2D eigenvalue weighted by Crippen LogP contribution is 2.48. The molecule has 1 saturated carbocycles. The maximum absolute atomic E-state index is 12.6. The van der Waals surface area contributed by atoms with Crippen LogP contribution in [0.25, 0.3) is 0 Å². The molecule has 25 heavy (non-hydrogen) atoms. The normalized spacial score (nSPS) is 28.8. The first-order valence-corrected chi connectivity index (χ1v) is 8.24. The Morgan fingerprint density at radius 3 is 1.52 bits per heavy atom. The van der Waals surface area contributed by atoms with Crippen LogP contribution in [0, 0.1) is 23.7 Å². The van der Waals surface area contributed by atoms with Crippen LogP contribution in [-0.2, 0) is 28.7 Å². The summed E-state index contributed by atoms with van der Waals surface area (Å²) in [5, 5.41) is 5.22. The van der Waals surface area contributed by atoms with Crippen molar-refractivity contribution in [3.63, 3.8) is 0 Å². The van der Waals surface area contributed by atoms with Crippen molar-refractivity contribution in [2.45, 2.75) is 32.4 Å². The molecule has 1 fully saturated rings. The zero-order valence-electron chi connectivity index (χ0n) is 14.8. The van der Waals surface area contributed by atoms with Gasteiger partial charge in [0.25, 0.3) is 0 Å². The monoisotopic (exact) mass is 352 g/mol. The number of methoxy groups -OCH3 is 2. The van der Waals surface area contributed by atoms with Gasteiger partial charge in [0.2, 0.25) is 11.8 Å². The molecule has 2 rings (SSSR count). The summed E-state index contributed by atoms with van der Waals surface area (Å²) in [6, 6.07) is -1.59. The molecule has 0 aromatic rings. The van der Waals surface area contributed by atoms with Crippen LogP contribution in [0.2, 0.25) is 0 Å². The number of carbonyl (C=O) groups excluding carboxylic acids is 4. The molecule has 2 aliphatic rings. The molecule has 0 aromatic carbocycles. The van der Waals surface area contributed by atoms with E-state index in [0.29, 0.717) is 6.42 Å². The highest BCUT2D eigenvalue weighted by atomic mass is 16.5. The Kier molecular flexibility index (Phi) is 5.81. The summed E-state index contributed by atoms with van der Waals surface area (Å²) < 4.78 is 9.21. The first-order chi connectivity index (χ1) is 11.8. The molecule has 0 heterocycles. The molecule has 0 unspecified atom stereocenters. The van der Waals surface area contributed by atoms with Gasteiger partial charge in [-0.1, -0.05) is 12.2 Å². The molecule has 2 amide bonds. The van der Waals surface area contributed by atoms with Gasteiger partial charge < -0.3 is 20.1 Å². The van der Waals surface area contributed by atoms with Crippen molar-refractivity contribution in [3.05, 3.63) is 12.2 Å². The van der Waals surface area contributed by atoms with Crippen LogP contribution in [0.5, 0.6) is 0 Å². The smallest absolute Gasteiger partial charge is 0.328 e. The standard InChI is InChI=1S/C17H24N2O6/c1-8(16(22)24-3)18-14(20)12-10-5-6-11(7-10)13(12)15(21)19-9(2)17(23)25-4/h5-6,8-13H,7H2,1-4H3,(H,18,20)(H,19,21)/t8-,9-,10-,11+,12+,13-/m0/s1. The van der Waals surface area contributed by atoms with Crippen LogP contribution < -0.4 is 10.6 Å². The molecule has 0 spiro atoms. The van der Waals surface area contributed by atoms with Crippen LogP contribution in [0.3, 0.4) is 0 Å². The second-order valence-corrected chi connectivity index (χ2v) is 6.51. The first-order valence-electron chi connectivity index (χ1n) is 8.24. The molecule has 2 aliphatic carbocycles. The zero-order chi connectivity index (χ0) is 18.7. The summed E-state index contributed by atoms with van der Waals surface area (Å²) in [6.45, 7) is 3.06. The van der Waals surface area contributed by atoms with Crippen molar-refractivity contribution in [3.8, 4) is 0 Å². The van der Waals surface area contributed by atoms with Crippen LogP contribution in [-0.4, -0.2) is 50.1 Å². The Morgan fingerprint density at radius 2 is 1.20 bits per heavy atom. The molecule has 0 radical (unpaired) electrons. The van der Waals surface area contributed by atoms with Crippen molar-refractivity contribution in [1.82, 2.24) is 10.6 Å². The first kappa shape index (κ1) is 19.0. The fourth-order valence-corrected chi connectivity index (χ4v) is 3.63. The van der Waals surface area contributed by atoms with E-state index in [1.807, 2.05) is 12.2 Å². The van der Waals surface area contributed by atoms with Crippen molar-refractivity contribution in [1.29, 1.82) is 0 Å². The second-order valence-electron chi connectivity index (χ2n) is 6.51. The van der Waals surface area contributed by atoms with Crippen molar-refractivity contribution >= 4 is 23.8 Å². The molecule has 2 N–H and O–H groups in total. The molecule has 138 valence electrons. The third-order valence-electron chi connectivity index (χ3n) is 4.89. The number of esters is 2. The van der Waals surface area contributed by atoms with E-state index in [0.717, 1.165) is 0 Å². The Morgan fingerprint density at radius 1 is 0.840 bits per heavy atom. The average Bonchev–Trinajstić information content (AvgIpc) is 3.20. The molecular weight excluding hydrogens is 328 g/mol. The second kappa shape index (κ2) is 7.67. The maximum atomic E-state index is 12.6. The molecular formula is C17H24N2O6. The Labute approximate surface area is 146 Å². The lowest BCUT2D eigenvalue weighted by atomic mass is 9.81. The van der Waals surface area contributed by atoms with E-state index in [1.165, 1.54) is 28.1 Å². The number of carbonyl (C=O) groups is 4. The third-order valence-corrected chi connectivity index (χ3v) is 4.89. The third kappa shape index (κ3) is 3.83. The van der Waals surface area contributed by atoms with Gasteiger partial charge in [0.15, 0.2) is 0 Å². The van der Waals surface area contributed by atoms with Gasteiger partial charge in [-0.2, -0.15) is 0 Å². The molecule has 8 nitrogen and oxygen atoms in total. The Hall–Kier alpha value is -2.38. The summed E-state index contributed by atoms with van der Waals surface area (Å²) in [5.41, 5.74) is 0. The predicted molar refractivity (Wildman–Crippen MR) is 87.0 cm³/mol. The van der Waals surface area contributed by atoms with Crippen molar-refractivity contribution in [2.75, 3.05) is 14.2 Å². The van der Waals surface area contributed by atoms with Gasteiger partial charge in [-0.3, -0.25) is 9.59 Å². The molecule has 0 aliphatic heterocycles. The summed E-state index contributed by atoms with van der Waals surface area (Å²) in [4.78, 5) is 48.3. The van der Waals surface area contributed by atoms with E-state index >= 15 is 0 Å². The highest BCUT2D eigenvalue weighted by molar-refractivity contribution is 5.93. The quantitative estimate of drug-likeness (QED) is 0.505. The SMILES string of the molecule is COC(=O)[C@H](C)NC(=O)[C@@H]1[C@H](C(=O)N[C@@H](C)C(=O)OC)[C@H]2C=C[C@@H]1C2. The minimum atomic E-state index is -0.793. The molecule has 0 aromatic heterocycles. The van der Waals surface area contributed by atoms with Crippen LogP contribution >= 0.6 is 0 Å². The predicted octanol–water partition coefficient (Wildman–Crippen LogP) is -0.220. The van der Waals surface area contributed by atoms with Crippen molar-refractivity contribution in [2.24, 2.45) is 23.7 Å². The topological polar surface area (TPSA) is 111 Å². The summed E-state index contributed by atoms with van der Waals surface area (Å²) >= 11 is 0. The Bertz CT molecular complexity index is 552. The number of hydrogen-bond acceptors (Lipinski definition) is 6. The number of nitrogens with one attached hydrogen (secondary N) is 2. The summed E-state index contributed by atoms with van der Waals surface area (Å²) in [5.74, 6) is -3.09. The average molecular weight is 352 g/mol. The summed E-state index contributed by atoms with van der Waals surface area (Å²) in [7, 11) is 2.49. The van der Waals surface area contributed by atoms with Crippen LogP contribution in [0.1, 0.15) is 20.3 Å². The van der Waals surface area contributed by atoms with Gasteiger partial charge in [0, 0.05) is 0 Å². The number of ether oxygens (including phenoxy) is 2. The maximum Gasteiger partial charge on any atom is 0.328 e. The lowest BCUT2D eigenvalue weighted by Gasteiger charge is -2.28. The van der Waals surface area contributed by atoms with E-state index in [9.17, 15) is 19.2 Å². The molecule has 8 heteroatoms. The van der Waals surface area contributed by atoms with Gasteiger partial charge >= 0.3 is 11.9 Å². The molecule has 2 bridgehead atoms. The minimum absolute atomic E-state index is 0.0565. The summed E-state index contributed by atoms with van der Waals surface area (Å²) in [6.07, 6.45) is 4.58. The fourth-order valence-electron chi connectivity index (χ4n) is 3.63. The molecule has 0 saturated heterocycles. The van der Waals surface area contributed by atoms with Gasteiger partial charge in [-0.05, 0) is 32.1 Å². The Balaban J connectivity index is 2.09. The molecule has 6 atom stereocenters. The van der Waals surface area contributed by atoms with E-state index in [2.05, 4.69) is 20.1 Å². The number of hydrogen-bond donors (Lipinski definition) is 2. The number of allylic oxidation sites excluding steroid dienone is 2. The van der Waals surface area contributed by atoms with E-state index in [4.69, 9.17) is 0 Å².